The summed E-state index contributed by atoms with van der Waals surface area (Å²) in [6.07, 6.45) is 2.55. The van der Waals surface area contributed by atoms with Crippen LogP contribution < -0.4 is 0 Å². The lowest BCUT2D eigenvalue weighted by molar-refractivity contribution is -0.298. The summed E-state index contributed by atoms with van der Waals surface area (Å²) in [7, 11) is -0.240. The van der Waals surface area contributed by atoms with Crippen molar-refractivity contribution in [3.05, 3.63) is 83.9 Å². The Balaban J connectivity index is 1.58. The molecule has 5 nitrogen and oxygen atoms in total. The molecule has 0 unspecified atom stereocenters. The van der Waals surface area contributed by atoms with E-state index in [2.05, 4.69) is 49.5 Å². The van der Waals surface area contributed by atoms with Crippen molar-refractivity contribution in [3.63, 3.8) is 0 Å². The first-order chi connectivity index (χ1) is 15.1. The first-order valence-corrected chi connectivity index (χ1v) is 14.0. The van der Waals surface area contributed by atoms with Gasteiger partial charge in [0.2, 0.25) is 0 Å². The van der Waals surface area contributed by atoms with Gasteiger partial charge in [-0.15, -0.1) is 0 Å². The van der Waals surface area contributed by atoms with Crippen molar-refractivity contribution in [2.45, 2.75) is 63.1 Å². The quantitative estimate of drug-likeness (QED) is 0.462. The number of rotatable bonds is 7. The molecular weight excluding hydrogens is 408 g/mol. The number of hydrogen-bond donors (Lipinski definition) is 0. The lowest BCUT2D eigenvalue weighted by Gasteiger charge is -2.46. The molecule has 0 spiro atoms. The molecule has 4 rings (SSSR count). The van der Waals surface area contributed by atoms with Gasteiger partial charge in [0, 0.05) is 7.11 Å². The van der Waals surface area contributed by atoms with Crippen LogP contribution in [0.1, 0.15) is 11.1 Å². The molecule has 0 aromatic heterocycles. The van der Waals surface area contributed by atoms with Crippen LogP contribution in [0.2, 0.25) is 19.1 Å². The Morgan fingerprint density at radius 2 is 1.45 bits per heavy atom. The molecule has 5 atom stereocenters. The summed E-state index contributed by atoms with van der Waals surface area (Å²) in [6.45, 7) is 5.39. The second-order valence-electron chi connectivity index (χ2n) is 8.70. The fourth-order valence-corrected chi connectivity index (χ4v) is 5.92. The van der Waals surface area contributed by atoms with E-state index in [1.165, 1.54) is 0 Å². The highest BCUT2D eigenvalue weighted by atomic mass is 28.4. The average Bonchev–Trinajstić information content (AvgIpc) is 2.94. The molecule has 1 fully saturated rings. The van der Waals surface area contributed by atoms with Crippen LogP contribution in [0.25, 0.3) is 0 Å². The maximum absolute atomic E-state index is 6.67. The van der Waals surface area contributed by atoms with E-state index in [0.717, 1.165) is 17.2 Å². The zero-order valence-corrected chi connectivity index (χ0v) is 19.5. The van der Waals surface area contributed by atoms with Gasteiger partial charge < -0.3 is 23.4 Å². The Morgan fingerprint density at radius 3 is 2.03 bits per heavy atom. The highest BCUT2D eigenvalue weighted by Crippen LogP contribution is 2.34. The topological polar surface area (TPSA) is 46.2 Å². The molecule has 1 saturated heterocycles. The van der Waals surface area contributed by atoms with Crippen LogP contribution in [-0.4, -0.2) is 46.1 Å². The van der Waals surface area contributed by atoms with Crippen molar-refractivity contribution in [3.8, 4) is 0 Å². The van der Waals surface area contributed by atoms with Crippen LogP contribution in [0, 0.1) is 0 Å². The molecule has 0 amide bonds. The zero-order valence-electron chi connectivity index (χ0n) is 18.5. The van der Waals surface area contributed by atoms with Crippen molar-refractivity contribution in [1.82, 2.24) is 0 Å². The number of hydrogen-bond acceptors (Lipinski definition) is 5. The van der Waals surface area contributed by atoms with Gasteiger partial charge in [-0.05, 0) is 30.3 Å². The maximum atomic E-state index is 6.67. The van der Waals surface area contributed by atoms with Gasteiger partial charge >= 0.3 is 0 Å². The van der Waals surface area contributed by atoms with Gasteiger partial charge in [0.25, 0.3) is 0 Å². The largest absolute Gasteiger partial charge is 0.408 e. The van der Waals surface area contributed by atoms with E-state index in [1.54, 1.807) is 7.11 Å². The summed E-state index contributed by atoms with van der Waals surface area (Å²) in [5.74, 6) is 0. The van der Waals surface area contributed by atoms with Crippen molar-refractivity contribution in [2.75, 3.05) is 7.11 Å². The standard InChI is InChI=1S/C25H32O5Si/c1-26-25-24(28-18-20-13-8-5-9-14-20)23(27-17-19-11-6-4-7-12-19)22-21(29-25)15-10-16-31(2,3)30-22/h4-15,21-25H,16-18H2,1-3H3/t21-,22-,23+,24-,25+/m1/s1. The van der Waals surface area contributed by atoms with Crippen LogP contribution in [0.5, 0.6) is 0 Å². The third kappa shape index (κ3) is 5.71. The van der Waals surface area contributed by atoms with E-state index in [4.69, 9.17) is 23.4 Å². The first-order valence-electron chi connectivity index (χ1n) is 10.9. The van der Waals surface area contributed by atoms with Crippen molar-refractivity contribution >= 4 is 8.32 Å². The molecule has 2 aliphatic rings. The Labute approximate surface area is 186 Å². The minimum atomic E-state index is -1.89. The van der Waals surface area contributed by atoms with Crippen LogP contribution in [0.3, 0.4) is 0 Å². The molecule has 0 N–H and O–H groups in total. The lowest BCUT2D eigenvalue weighted by Crippen LogP contribution is -2.61. The van der Waals surface area contributed by atoms with Crippen LogP contribution in [0.15, 0.2) is 72.8 Å². The molecule has 6 heteroatoms. The summed E-state index contributed by atoms with van der Waals surface area (Å²) in [5, 5.41) is 0. The van der Waals surface area contributed by atoms with E-state index < -0.39 is 20.7 Å². The predicted octanol–water partition coefficient (Wildman–Crippen LogP) is 4.69. The van der Waals surface area contributed by atoms with Gasteiger partial charge in [-0.25, -0.2) is 0 Å². The normalized spacial score (nSPS) is 29.8. The highest BCUT2D eigenvalue weighted by molar-refractivity contribution is 6.71. The van der Waals surface area contributed by atoms with E-state index >= 15 is 0 Å². The third-order valence-electron chi connectivity index (χ3n) is 5.72. The van der Waals surface area contributed by atoms with E-state index in [0.29, 0.717) is 13.2 Å². The molecular formula is C25H32O5Si. The minimum absolute atomic E-state index is 0.225. The third-order valence-corrected chi connectivity index (χ3v) is 7.85. The van der Waals surface area contributed by atoms with E-state index in [1.807, 2.05) is 36.4 Å². The number of methoxy groups -OCH3 is 1. The molecule has 0 bridgehead atoms. The number of benzene rings is 2. The SMILES string of the molecule is CO[C@H]1O[C@@H]2C=CC[Si](C)(C)O[C@H]2[C@H](OCc2ccccc2)[C@H]1OCc1ccccc1. The minimum Gasteiger partial charge on any atom is -0.408 e. The van der Waals surface area contributed by atoms with Crippen LogP contribution in [0.4, 0.5) is 0 Å². The van der Waals surface area contributed by atoms with Gasteiger partial charge in [0.15, 0.2) is 14.6 Å². The Kier molecular flexibility index (Phi) is 7.38. The summed E-state index contributed by atoms with van der Waals surface area (Å²) >= 11 is 0. The molecule has 2 heterocycles. The summed E-state index contributed by atoms with van der Waals surface area (Å²) in [4.78, 5) is 0. The highest BCUT2D eigenvalue weighted by Gasteiger charge is 2.50. The molecule has 2 aromatic carbocycles. The first kappa shape index (κ1) is 22.4. The predicted molar refractivity (Wildman–Crippen MR) is 122 cm³/mol. The zero-order chi connectivity index (χ0) is 21.7. The lowest BCUT2D eigenvalue weighted by atomic mass is 9.97. The maximum Gasteiger partial charge on any atom is 0.191 e. The van der Waals surface area contributed by atoms with Gasteiger partial charge in [0.1, 0.15) is 24.4 Å². The van der Waals surface area contributed by atoms with Crippen molar-refractivity contribution in [2.24, 2.45) is 0 Å². The molecule has 2 aliphatic heterocycles. The van der Waals surface area contributed by atoms with E-state index in [-0.39, 0.29) is 18.3 Å². The van der Waals surface area contributed by atoms with Gasteiger partial charge in [-0.3, -0.25) is 0 Å². The number of ether oxygens (including phenoxy) is 4. The Bertz CT molecular complexity index is 842. The second-order valence-corrected chi connectivity index (χ2v) is 12.9. The molecule has 166 valence electrons. The fraction of sp³-hybridized carbons (Fsp3) is 0.440. The summed E-state index contributed by atoms with van der Waals surface area (Å²) in [5.41, 5.74) is 2.21. The Hall–Kier alpha value is -1.80. The van der Waals surface area contributed by atoms with Crippen molar-refractivity contribution < 1.29 is 23.4 Å². The smallest absolute Gasteiger partial charge is 0.191 e. The van der Waals surface area contributed by atoms with Crippen LogP contribution >= 0.6 is 0 Å². The van der Waals surface area contributed by atoms with E-state index in [9.17, 15) is 0 Å². The average molecular weight is 441 g/mol. The van der Waals surface area contributed by atoms with Crippen molar-refractivity contribution in [1.29, 1.82) is 0 Å². The molecule has 31 heavy (non-hydrogen) atoms. The second kappa shape index (κ2) is 10.2. The molecule has 0 aliphatic carbocycles. The summed E-state index contributed by atoms with van der Waals surface area (Å²) in [6, 6.07) is 21.3. The van der Waals surface area contributed by atoms with Crippen LogP contribution in [-0.2, 0) is 36.6 Å². The number of fused-ring (bicyclic) bond motifs is 1. The van der Waals surface area contributed by atoms with Gasteiger partial charge in [-0.1, -0.05) is 72.8 Å². The molecule has 0 saturated carbocycles. The monoisotopic (exact) mass is 440 g/mol. The number of allylic oxidation sites excluding steroid dienone is 1. The molecule has 0 radical (unpaired) electrons. The summed E-state index contributed by atoms with van der Waals surface area (Å²) < 4.78 is 31.5. The van der Waals surface area contributed by atoms with Gasteiger partial charge in [-0.2, -0.15) is 0 Å². The molecule has 2 aromatic rings. The van der Waals surface area contributed by atoms with Gasteiger partial charge in [0.05, 0.1) is 13.2 Å². The Morgan fingerprint density at radius 1 is 0.871 bits per heavy atom. The fourth-order valence-electron chi connectivity index (χ4n) is 4.12.